The maximum atomic E-state index is 13.3. The number of amides is 1. The third kappa shape index (κ3) is 3.52. The molecule has 9 heteroatoms. The zero-order chi connectivity index (χ0) is 15.2. The third-order valence-electron chi connectivity index (χ3n) is 2.55. The van der Waals surface area contributed by atoms with Crippen LogP contribution < -0.4 is 16.0 Å². The number of nitrogens with two attached hydrogens (primary N) is 1. The van der Waals surface area contributed by atoms with Crippen molar-refractivity contribution in [3.8, 4) is 11.8 Å². The second kappa shape index (κ2) is 6.44. The summed E-state index contributed by atoms with van der Waals surface area (Å²) in [5.41, 5.74) is 1.98. The molecule has 2 rings (SSSR count). The molecule has 0 aliphatic carbocycles. The summed E-state index contributed by atoms with van der Waals surface area (Å²) in [5, 5.41) is 15.9. The van der Waals surface area contributed by atoms with Crippen molar-refractivity contribution in [2.24, 2.45) is 5.84 Å². The van der Waals surface area contributed by atoms with Crippen LogP contribution in [-0.2, 0) is 6.54 Å². The van der Waals surface area contributed by atoms with Gasteiger partial charge in [-0.3, -0.25) is 10.2 Å². The van der Waals surface area contributed by atoms with E-state index in [1.165, 1.54) is 23.0 Å². The minimum Gasteiger partial charge on any atom is -0.492 e. The van der Waals surface area contributed by atoms with Gasteiger partial charge in [0.1, 0.15) is 24.2 Å². The van der Waals surface area contributed by atoms with E-state index in [2.05, 4.69) is 10.3 Å². The molecule has 21 heavy (non-hydrogen) atoms. The topological polar surface area (TPSA) is 119 Å². The number of nitrogens with one attached hydrogen (secondary N) is 1. The molecule has 1 heterocycles. The zero-order valence-electron chi connectivity index (χ0n) is 10.8. The van der Waals surface area contributed by atoms with Crippen LogP contribution in [0.1, 0.15) is 16.1 Å². The molecule has 108 valence electrons. The highest BCUT2D eigenvalue weighted by atomic mass is 19.1. The van der Waals surface area contributed by atoms with Crippen LogP contribution in [0.5, 0.6) is 5.75 Å². The predicted molar refractivity (Wildman–Crippen MR) is 68.3 cm³/mol. The monoisotopic (exact) mass is 290 g/mol. The number of carbonyl (C=O) groups is 1. The molecule has 0 atom stereocenters. The Kier molecular flexibility index (Phi) is 4.43. The number of aromatic nitrogens is 3. The fourth-order valence-electron chi connectivity index (χ4n) is 1.52. The average Bonchev–Trinajstić information content (AvgIpc) is 2.95. The van der Waals surface area contributed by atoms with E-state index >= 15 is 0 Å². The van der Waals surface area contributed by atoms with Crippen molar-refractivity contribution in [2.75, 3.05) is 6.61 Å². The van der Waals surface area contributed by atoms with Crippen LogP contribution >= 0.6 is 0 Å². The summed E-state index contributed by atoms with van der Waals surface area (Å²) in [7, 11) is 0. The molecule has 0 bridgehead atoms. The van der Waals surface area contributed by atoms with Gasteiger partial charge in [-0.2, -0.15) is 5.26 Å². The molecule has 0 fully saturated rings. The van der Waals surface area contributed by atoms with Gasteiger partial charge >= 0.3 is 0 Å². The Morgan fingerprint density at radius 1 is 1.57 bits per heavy atom. The lowest BCUT2D eigenvalue weighted by molar-refractivity contribution is 0.0948. The second-order valence-electron chi connectivity index (χ2n) is 3.94. The van der Waals surface area contributed by atoms with Crippen LogP contribution in [-0.4, -0.2) is 27.5 Å². The van der Waals surface area contributed by atoms with Crippen molar-refractivity contribution in [3.63, 3.8) is 0 Å². The van der Waals surface area contributed by atoms with E-state index < -0.39 is 11.7 Å². The first-order valence-corrected chi connectivity index (χ1v) is 5.87. The largest absolute Gasteiger partial charge is 0.492 e. The Morgan fingerprint density at radius 2 is 2.38 bits per heavy atom. The first-order valence-electron chi connectivity index (χ1n) is 5.87. The Morgan fingerprint density at radius 3 is 3.05 bits per heavy atom. The molecule has 0 saturated carbocycles. The highest BCUT2D eigenvalue weighted by molar-refractivity contribution is 5.91. The maximum Gasteiger partial charge on any atom is 0.287 e. The first-order chi connectivity index (χ1) is 10.1. The molecule has 0 radical (unpaired) electrons. The Hall–Kier alpha value is -2.99. The molecule has 0 unspecified atom stereocenters. The summed E-state index contributed by atoms with van der Waals surface area (Å²) < 4.78 is 20.1. The molecule has 1 amide bonds. The number of hydrogen-bond acceptors (Lipinski definition) is 6. The molecular weight excluding hydrogens is 279 g/mol. The standard InChI is InChI=1S/C12H11FN6O2/c13-10-5-9(2-1-8(10)6-14)21-4-3-19-7-11(17-18-19)12(20)16-15/h1-2,5,7H,3-4,15H2,(H,16,20). The summed E-state index contributed by atoms with van der Waals surface area (Å²) in [6, 6.07) is 5.69. The van der Waals surface area contributed by atoms with Crippen LogP contribution in [0, 0.1) is 17.1 Å². The highest BCUT2D eigenvalue weighted by Gasteiger charge is 2.09. The highest BCUT2D eigenvalue weighted by Crippen LogP contribution is 2.15. The molecule has 1 aromatic carbocycles. The smallest absolute Gasteiger partial charge is 0.287 e. The van der Waals surface area contributed by atoms with Gasteiger partial charge in [0.25, 0.3) is 5.91 Å². The van der Waals surface area contributed by atoms with Gasteiger partial charge in [0.2, 0.25) is 0 Å². The van der Waals surface area contributed by atoms with Crippen LogP contribution in [0.25, 0.3) is 0 Å². The van der Waals surface area contributed by atoms with E-state index in [-0.39, 0.29) is 17.9 Å². The van der Waals surface area contributed by atoms with Crippen molar-refractivity contribution in [3.05, 3.63) is 41.5 Å². The van der Waals surface area contributed by atoms with Crippen molar-refractivity contribution < 1.29 is 13.9 Å². The van der Waals surface area contributed by atoms with Crippen LogP contribution in [0.4, 0.5) is 4.39 Å². The van der Waals surface area contributed by atoms with Gasteiger partial charge in [0, 0.05) is 6.07 Å². The number of nitriles is 1. The second-order valence-corrected chi connectivity index (χ2v) is 3.94. The first kappa shape index (κ1) is 14.4. The van der Waals surface area contributed by atoms with Crippen LogP contribution in [0.3, 0.4) is 0 Å². The van der Waals surface area contributed by atoms with Gasteiger partial charge in [0.15, 0.2) is 5.69 Å². The number of rotatable bonds is 5. The van der Waals surface area contributed by atoms with Gasteiger partial charge in [-0.15, -0.1) is 5.10 Å². The van der Waals surface area contributed by atoms with Crippen molar-refractivity contribution >= 4 is 5.91 Å². The fraction of sp³-hybridized carbons (Fsp3) is 0.167. The number of hydrazine groups is 1. The van der Waals surface area contributed by atoms with E-state index in [1.54, 1.807) is 6.07 Å². The summed E-state index contributed by atoms with van der Waals surface area (Å²) in [5.74, 6) is 4.08. The third-order valence-corrected chi connectivity index (χ3v) is 2.55. The van der Waals surface area contributed by atoms with E-state index in [4.69, 9.17) is 15.8 Å². The molecular formula is C12H11FN6O2. The molecule has 3 N–H and O–H groups in total. The van der Waals surface area contributed by atoms with Crippen molar-refractivity contribution in [2.45, 2.75) is 6.54 Å². The quantitative estimate of drug-likeness (QED) is 0.453. The molecule has 0 aliphatic rings. The maximum absolute atomic E-state index is 13.3. The van der Waals surface area contributed by atoms with Gasteiger partial charge in [-0.1, -0.05) is 5.21 Å². The zero-order valence-corrected chi connectivity index (χ0v) is 10.8. The molecule has 0 saturated heterocycles. The van der Waals surface area contributed by atoms with Gasteiger partial charge in [-0.25, -0.2) is 14.9 Å². The lowest BCUT2D eigenvalue weighted by Gasteiger charge is -2.06. The normalized spacial score (nSPS) is 9.95. The average molecular weight is 290 g/mol. The lowest BCUT2D eigenvalue weighted by atomic mass is 10.2. The van der Waals surface area contributed by atoms with Crippen LogP contribution in [0.2, 0.25) is 0 Å². The summed E-state index contributed by atoms with van der Waals surface area (Å²) in [6.07, 6.45) is 1.41. The number of nitrogens with zero attached hydrogens (tertiary/aromatic N) is 4. The molecule has 2 aromatic rings. The van der Waals surface area contributed by atoms with E-state index in [0.717, 1.165) is 6.07 Å². The summed E-state index contributed by atoms with van der Waals surface area (Å²) in [6.45, 7) is 0.505. The van der Waals surface area contributed by atoms with Crippen LogP contribution in [0.15, 0.2) is 24.4 Å². The fourth-order valence-corrected chi connectivity index (χ4v) is 1.52. The number of halogens is 1. The van der Waals surface area contributed by atoms with Crippen molar-refractivity contribution in [1.82, 2.24) is 20.4 Å². The molecule has 1 aromatic heterocycles. The lowest BCUT2D eigenvalue weighted by Crippen LogP contribution is -2.30. The van der Waals surface area contributed by atoms with Crippen molar-refractivity contribution in [1.29, 1.82) is 5.26 Å². The number of ether oxygens (including phenoxy) is 1. The minimum atomic E-state index is -0.641. The number of nitrogen functional groups attached to an aromatic ring is 1. The Labute approximate surface area is 118 Å². The summed E-state index contributed by atoms with van der Waals surface area (Å²) >= 11 is 0. The summed E-state index contributed by atoms with van der Waals surface area (Å²) in [4.78, 5) is 11.2. The Bertz CT molecular complexity index is 693. The minimum absolute atomic E-state index is 0.0453. The van der Waals surface area contributed by atoms with E-state index in [1.807, 2.05) is 5.43 Å². The van der Waals surface area contributed by atoms with Gasteiger partial charge in [0.05, 0.1) is 18.3 Å². The number of carbonyl (C=O) groups excluding carboxylic acids is 1. The number of hydrogen-bond donors (Lipinski definition) is 2. The van der Waals surface area contributed by atoms with Gasteiger partial charge in [-0.05, 0) is 12.1 Å². The number of benzene rings is 1. The van der Waals surface area contributed by atoms with Gasteiger partial charge < -0.3 is 4.74 Å². The molecule has 0 spiro atoms. The molecule has 0 aliphatic heterocycles. The van der Waals surface area contributed by atoms with E-state index in [0.29, 0.717) is 12.3 Å². The Balaban J connectivity index is 1.90. The van der Waals surface area contributed by atoms with E-state index in [9.17, 15) is 9.18 Å². The SMILES string of the molecule is N#Cc1ccc(OCCn2cc(C(=O)NN)nn2)cc1F. The predicted octanol–water partition coefficient (Wildman–Crippen LogP) is -0.0286. The molecule has 8 nitrogen and oxygen atoms in total.